The van der Waals surface area contributed by atoms with Crippen molar-refractivity contribution < 1.29 is 14.3 Å². The highest BCUT2D eigenvalue weighted by atomic mass is 16.5. The van der Waals surface area contributed by atoms with Crippen LogP contribution in [0.25, 0.3) is 0 Å². The van der Waals surface area contributed by atoms with E-state index in [1.165, 1.54) is 24.8 Å². The molecule has 1 amide bonds. The molecule has 0 bridgehead atoms. The zero-order chi connectivity index (χ0) is 26.7. The van der Waals surface area contributed by atoms with Crippen molar-refractivity contribution in [2.24, 2.45) is 17.8 Å². The van der Waals surface area contributed by atoms with Crippen molar-refractivity contribution in [2.75, 3.05) is 27.4 Å². The van der Waals surface area contributed by atoms with Gasteiger partial charge in [-0.3, -0.25) is 4.79 Å². The molecule has 1 fully saturated rings. The summed E-state index contributed by atoms with van der Waals surface area (Å²) in [6, 6.07) is 19.4. The molecule has 1 saturated heterocycles. The number of hydrogen-bond acceptors (Lipinski definition) is 3. The third-order valence-electron chi connectivity index (χ3n) is 8.77. The van der Waals surface area contributed by atoms with E-state index in [2.05, 4.69) is 68.1 Å². The summed E-state index contributed by atoms with van der Waals surface area (Å²) >= 11 is 0. The number of ether oxygens (including phenoxy) is 2. The van der Waals surface area contributed by atoms with Crippen molar-refractivity contribution in [3.05, 3.63) is 65.7 Å². The van der Waals surface area contributed by atoms with Gasteiger partial charge in [-0.05, 0) is 79.0 Å². The normalized spacial score (nSPS) is 24.4. The summed E-state index contributed by atoms with van der Waals surface area (Å²) in [7, 11) is 3.45. The zero-order valence-corrected chi connectivity index (χ0v) is 23.9. The number of carbonyl (C=O) groups excluding carboxylic acids is 1. The second-order valence-corrected chi connectivity index (χ2v) is 11.3. The maximum Gasteiger partial charge on any atom is 0.225 e. The topological polar surface area (TPSA) is 38.8 Å². The molecule has 4 atom stereocenters. The minimum Gasteiger partial charge on any atom is -0.497 e. The average Bonchev–Trinajstić information content (AvgIpc) is 2.95. The Hall–Kier alpha value is -2.33. The molecule has 2 aromatic carbocycles. The fourth-order valence-electron chi connectivity index (χ4n) is 6.27. The summed E-state index contributed by atoms with van der Waals surface area (Å²) in [5.41, 5.74) is 2.79. The van der Waals surface area contributed by atoms with E-state index in [0.29, 0.717) is 25.0 Å². The van der Waals surface area contributed by atoms with Gasteiger partial charge in [0.25, 0.3) is 0 Å². The lowest BCUT2D eigenvalue weighted by molar-refractivity contribution is -0.137. The molecule has 1 aliphatic rings. The van der Waals surface area contributed by atoms with Crippen LogP contribution in [0.15, 0.2) is 54.6 Å². The number of rotatable bonds is 10. The molecule has 0 aromatic heterocycles. The van der Waals surface area contributed by atoms with E-state index in [9.17, 15) is 4.79 Å². The summed E-state index contributed by atoms with van der Waals surface area (Å²) < 4.78 is 10.8. The lowest BCUT2D eigenvalue weighted by Crippen LogP contribution is -2.38. The van der Waals surface area contributed by atoms with Gasteiger partial charge < -0.3 is 14.4 Å². The first-order valence-corrected chi connectivity index (χ1v) is 14.4. The third-order valence-corrected chi connectivity index (χ3v) is 8.77. The Labute approximate surface area is 225 Å². The number of hydrogen-bond donors (Lipinski definition) is 0. The van der Waals surface area contributed by atoms with E-state index in [1.54, 1.807) is 14.2 Å². The minimum absolute atomic E-state index is 0.00723. The molecule has 4 heteroatoms. The fourth-order valence-corrected chi connectivity index (χ4v) is 6.27. The summed E-state index contributed by atoms with van der Waals surface area (Å²) in [6.07, 6.45) is 8.88. The second kappa shape index (κ2) is 14.6. The molecule has 3 rings (SSSR count). The Bertz CT molecular complexity index is 928. The molecule has 204 valence electrons. The predicted molar refractivity (Wildman–Crippen MR) is 153 cm³/mol. The van der Waals surface area contributed by atoms with Crippen molar-refractivity contribution >= 4 is 5.91 Å². The molecule has 0 radical (unpaired) electrons. The predicted octanol–water partition coefficient (Wildman–Crippen LogP) is 7.65. The van der Waals surface area contributed by atoms with Crippen molar-refractivity contribution in [3.8, 4) is 5.75 Å². The Morgan fingerprint density at radius 3 is 2.38 bits per heavy atom. The molecule has 0 N–H and O–H groups in total. The van der Waals surface area contributed by atoms with Crippen LogP contribution in [0.1, 0.15) is 83.3 Å². The number of amides is 1. The van der Waals surface area contributed by atoms with E-state index in [4.69, 9.17) is 9.47 Å². The maximum absolute atomic E-state index is 13.9. The SMILES string of the molecule is CCC(C)C[C@]1(c2ccccc2)CCCC(CCOC)C(C)C(=O)N(Cc2ccc(OC)cc2)CCC1. The Morgan fingerprint density at radius 2 is 1.73 bits per heavy atom. The number of methoxy groups -OCH3 is 2. The first-order chi connectivity index (χ1) is 17.9. The maximum atomic E-state index is 13.9. The van der Waals surface area contributed by atoms with Crippen molar-refractivity contribution in [3.63, 3.8) is 0 Å². The van der Waals surface area contributed by atoms with Crippen LogP contribution in [0.3, 0.4) is 0 Å². The number of benzene rings is 2. The van der Waals surface area contributed by atoms with Gasteiger partial charge in [0.15, 0.2) is 0 Å². The van der Waals surface area contributed by atoms with Crippen LogP contribution in [-0.4, -0.2) is 38.2 Å². The molecule has 0 aliphatic carbocycles. The lowest BCUT2D eigenvalue weighted by Gasteiger charge is -2.38. The molecule has 0 spiro atoms. The van der Waals surface area contributed by atoms with Crippen LogP contribution in [0.5, 0.6) is 5.75 Å². The molecule has 4 nitrogen and oxygen atoms in total. The summed E-state index contributed by atoms with van der Waals surface area (Å²) in [5.74, 6) is 2.13. The largest absolute Gasteiger partial charge is 0.497 e. The van der Waals surface area contributed by atoms with Crippen LogP contribution in [-0.2, 0) is 21.5 Å². The van der Waals surface area contributed by atoms with Crippen molar-refractivity contribution in [1.29, 1.82) is 0 Å². The molecule has 1 heterocycles. The van der Waals surface area contributed by atoms with E-state index in [-0.39, 0.29) is 17.2 Å². The van der Waals surface area contributed by atoms with Gasteiger partial charge in [0.05, 0.1) is 7.11 Å². The Balaban J connectivity index is 1.92. The van der Waals surface area contributed by atoms with Gasteiger partial charge in [0, 0.05) is 32.7 Å². The Kier molecular flexibility index (Phi) is 11.5. The van der Waals surface area contributed by atoms with E-state index in [0.717, 1.165) is 50.0 Å². The van der Waals surface area contributed by atoms with E-state index < -0.39 is 0 Å². The smallest absolute Gasteiger partial charge is 0.225 e. The number of nitrogens with zero attached hydrogens (tertiary/aromatic N) is 1. The van der Waals surface area contributed by atoms with Crippen molar-refractivity contribution in [1.82, 2.24) is 4.90 Å². The van der Waals surface area contributed by atoms with Gasteiger partial charge in [-0.15, -0.1) is 0 Å². The third kappa shape index (κ3) is 8.07. The highest BCUT2D eigenvalue weighted by molar-refractivity contribution is 5.78. The molecule has 2 aromatic rings. The zero-order valence-electron chi connectivity index (χ0n) is 23.9. The first-order valence-electron chi connectivity index (χ1n) is 14.4. The van der Waals surface area contributed by atoms with Gasteiger partial charge in [0.1, 0.15) is 5.75 Å². The Morgan fingerprint density at radius 1 is 1.03 bits per heavy atom. The standard InChI is InChI=1S/C33H49NO3/c1-6-26(2)24-33(30-13-8-7-9-14-30)20-10-12-29(19-23-36-4)27(3)32(35)34(22-11-21-33)25-28-15-17-31(37-5)18-16-28/h7-9,13-18,26-27,29H,6,10-12,19-25H2,1-5H3/t26?,27?,29?,33-/m0/s1. The molecule has 0 saturated carbocycles. The fraction of sp³-hybridized carbons (Fsp3) is 0.606. The van der Waals surface area contributed by atoms with Crippen LogP contribution in [0.4, 0.5) is 0 Å². The van der Waals surface area contributed by atoms with Gasteiger partial charge >= 0.3 is 0 Å². The second-order valence-electron chi connectivity index (χ2n) is 11.3. The van der Waals surface area contributed by atoms with E-state index >= 15 is 0 Å². The minimum atomic E-state index is -0.00723. The van der Waals surface area contributed by atoms with Crippen LogP contribution < -0.4 is 4.74 Å². The van der Waals surface area contributed by atoms with Crippen molar-refractivity contribution in [2.45, 2.75) is 84.1 Å². The molecule has 37 heavy (non-hydrogen) atoms. The lowest BCUT2D eigenvalue weighted by atomic mass is 9.67. The highest BCUT2D eigenvalue weighted by Gasteiger charge is 2.35. The quantitative estimate of drug-likeness (QED) is 0.331. The first kappa shape index (κ1) is 29.2. The summed E-state index contributed by atoms with van der Waals surface area (Å²) in [4.78, 5) is 16.0. The molecular weight excluding hydrogens is 458 g/mol. The van der Waals surface area contributed by atoms with Crippen LogP contribution in [0.2, 0.25) is 0 Å². The summed E-state index contributed by atoms with van der Waals surface area (Å²) in [5, 5.41) is 0. The van der Waals surface area contributed by atoms with E-state index in [1.807, 2.05) is 12.1 Å². The van der Waals surface area contributed by atoms with Gasteiger partial charge in [-0.2, -0.15) is 0 Å². The van der Waals surface area contributed by atoms with Gasteiger partial charge in [-0.25, -0.2) is 0 Å². The van der Waals surface area contributed by atoms with Gasteiger partial charge in [0.2, 0.25) is 5.91 Å². The molecule has 3 unspecified atom stereocenters. The molecule has 1 aliphatic heterocycles. The number of carbonyl (C=O) groups is 1. The van der Waals surface area contributed by atoms with Gasteiger partial charge in [-0.1, -0.05) is 76.1 Å². The average molecular weight is 508 g/mol. The molecular formula is C33H49NO3. The highest BCUT2D eigenvalue weighted by Crippen LogP contribution is 2.42. The van der Waals surface area contributed by atoms with Crippen LogP contribution >= 0.6 is 0 Å². The van der Waals surface area contributed by atoms with Crippen LogP contribution in [0, 0.1) is 17.8 Å². The monoisotopic (exact) mass is 507 g/mol. The summed E-state index contributed by atoms with van der Waals surface area (Å²) in [6.45, 7) is 9.00.